The van der Waals surface area contributed by atoms with E-state index in [1.165, 1.54) is 0 Å². The quantitative estimate of drug-likeness (QED) is 0.206. The molecule has 10 heteroatoms. The summed E-state index contributed by atoms with van der Waals surface area (Å²) in [5.41, 5.74) is 9.37. The first-order chi connectivity index (χ1) is 21.1. The van der Waals surface area contributed by atoms with Crippen LogP contribution in [0.5, 0.6) is 0 Å². The molecule has 0 unspecified atom stereocenters. The Balaban J connectivity index is 0.000000175. The fourth-order valence-corrected chi connectivity index (χ4v) is 5.31. The van der Waals surface area contributed by atoms with E-state index in [9.17, 15) is 4.79 Å². The molecule has 0 fully saturated rings. The van der Waals surface area contributed by atoms with Crippen molar-refractivity contribution in [2.24, 2.45) is 0 Å². The van der Waals surface area contributed by atoms with Crippen LogP contribution in [0.4, 0.5) is 0 Å². The molecule has 0 bridgehead atoms. The number of halogens is 3. The summed E-state index contributed by atoms with van der Waals surface area (Å²) in [5, 5.41) is 16.5. The SMILES string of the molecule is Cc1cccc(-c2c(-c3ccc(Cl)cc3)c(C)n[nH]c2=O)n1.Cc1cccc(-c2c(Cl)nnc(C)c2-c2ccc(Cl)cc2)n1. The average molecular weight is 642 g/mol. The van der Waals surface area contributed by atoms with Crippen LogP contribution in [0.3, 0.4) is 0 Å². The third-order valence-corrected chi connectivity index (χ3v) is 7.59. The molecule has 7 nitrogen and oxygen atoms in total. The zero-order valence-corrected chi connectivity index (χ0v) is 26.6. The topological polar surface area (TPSA) is 97.3 Å². The maximum absolute atomic E-state index is 12.4. The summed E-state index contributed by atoms with van der Waals surface area (Å²) in [7, 11) is 0. The standard InChI is InChI=1S/C17H13Cl2N3.C17H14ClN3O/c1-10-4-3-5-14(20-10)16-15(11(2)21-22-17(16)19)12-6-8-13(18)9-7-12;1-10-4-3-5-14(19-10)16-15(11(2)20-21-17(16)22)12-6-8-13(18)9-7-12/h3-9H,1-2H3;3-9H,1-2H3,(H,21,22). The summed E-state index contributed by atoms with van der Waals surface area (Å²) >= 11 is 18.3. The van der Waals surface area contributed by atoms with Gasteiger partial charge >= 0.3 is 0 Å². The second-order valence-electron chi connectivity index (χ2n) is 10.1. The highest BCUT2D eigenvalue weighted by Gasteiger charge is 2.18. The number of aromatic amines is 1. The first-order valence-electron chi connectivity index (χ1n) is 13.6. The van der Waals surface area contributed by atoms with Crippen molar-refractivity contribution in [2.45, 2.75) is 27.7 Å². The van der Waals surface area contributed by atoms with Gasteiger partial charge in [0.1, 0.15) is 0 Å². The van der Waals surface area contributed by atoms with Crippen molar-refractivity contribution >= 4 is 34.8 Å². The Morgan fingerprint density at radius 1 is 0.545 bits per heavy atom. The molecule has 0 spiro atoms. The van der Waals surface area contributed by atoms with Gasteiger partial charge in [0.2, 0.25) is 0 Å². The molecule has 6 rings (SSSR count). The summed E-state index contributed by atoms with van der Waals surface area (Å²) in [6, 6.07) is 26.4. The first kappa shape index (κ1) is 31.0. The molecule has 220 valence electrons. The van der Waals surface area contributed by atoms with E-state index in [1.807, 2.05) is 100 Å². The van der Waals surface area contributed by atoms with E-state index in [0.29, 0.717) is 26.5 Å². The number of benzene rings is 2. The number of hydrogen-bond donors (Lipinski definition) is 1. The maximum Gasteiger partial charge on any atom is 0.274 e. The Hall–Kier alpha value is -4.43. The monoisotopic (exact) mass is 640 g/mol. The van der Waals surface area contributed by atoms with Gasteiger partial charge in [0, 0.05) is 38.1 Å². The lowest BCUT2D eigenvalue weighted by atomic mass is 9.97. The molecule has 1 N–H and O–H groups in total. The highest BCUT2D eigenvalue weighted by Crippen LogP contribution is 2.37. The summed E-state index contributed by atoms with van der Waals surface area (Å²) < 4.78 is 0. The number of H-pyrrole nitrogens is 1. The average Bonchev–Trinajstić information content (AvgIpc) is 3.00. The summed E-state index contributed by atoms with van der Waals surface area (Å²) in [6.07, 6.45) is 0. The fourth-order valence-electron chi connectivity index (χ4n) is 4.83. The second-order valence-corrected chi connectivity index (χ2v) is 11.3. The van der Waals surface area contributed by atoms with E-state index in [0.717, 1.165) is 56.3 Å². The molecule has 0 radical (unpaired) electrons. The molecular weight excluding hydrogens is 615 g/mol. The van der Waals surface area contributed by atoms with Gasteiger partial charge < -0.3 is 0 Å². The molecule has 0 saturated heterocycles. The van der Waals surface area contributed by atoms with Crippen LogP contribution < -0.4 is 5.56 Å². The summed E-state index contributed by atoms with van der Waals surface area (Å²) in [5.74, 6) is 0. The van der Waals surface area contributed by atoms with E-state index in [1.54, 1.807) is 12.1 Å². The molecule has 6 aromatic rings. The van der Waals surface area contributed by atoms with Crippen LogP contribution in [0.1, 0.15) is 22.8 Å². The predicted octanol–water partition coefficient (Wildman–Crippen LogP) is 8.90. The van der Waals surface area contributed by atoms with E-state index in [2.05, 4.69) is 30.4 Å². The molecule has 0 aliphatic carbocycles. The van der Waals surface area contributed by atoms with Crippen molar-refractivity contribution in [3.05, 3.63) is 133 Å². The zero-order chi connectivity index (χ0) is 31.4. The van der Waals surface area contributed by atoms with E-state index < -0.39 is 0 Å². The van der Waals surface area contributed by atoms with Crippen LogP contribution in [0.25, 0.3) is 44.8 Å². The highest BCUT2D eigenvalue weighted by molar-refractivity contribution is 6.33. The van der Waals surface area contributed by atoms with Crippen LogP contribution >= 0.6 is 34.8 Å². The van der Waals surface area contributed by atoms with Gasteiger partial charge in [-0.3, -0.25) is 14.8 Å². The number of hydrogen-bond acceptors (Lipinski definition) is 6. The van der Waals surface area contributed by atoms with Crippen molar-refractivity contribution in [2.75, 3.05) is 0 Å². The molecule has 0 saturated carbocycles. The zero-order valence-electron chi connectivity index (χ0n) is 24.4. The van der Waals surface area contributed by atoms with Crippen LogP contribution in [0.15, 0.2) is 89.7 Å². The lowest BCUT2D eigenvalue weighted by Gasteiger charge is -2.13. The normalized spacial score (nSPS) is 10.7. The fraction of sp³-hybridized carbons (Fsp3) is 0.118. The number of aryl methyl sites for hydroxylation is 4. The van der Waals surface area contributed by atoms with Crippen molar-refractivity contribution in [3.63, 3.8) is 0 Å². The van der Waals surface area contributed by atoms with Gasteiger partial charge in [-0.25, -0.2) is 5.10 Å². The molecule has 0 amide bonds. The lowest BCUT2D eigenvalue weighted by molar-refractivity contribution is 0.949. The Bertz CT molecular complexity index is 2010. The van der Waals surface area contributed by atoms with E-state index in [-0.39, 0.29) is 5.56 Å². The molecule has 2 aromatic carbocycles. The maximum atomic E-state index is 12.4. The van der Waals surface area contributed by atoms with Gasteiger partial charge in [-0.05, 0) is 87.4 Å². The van der Waals surface area contributed by atoms with Crippen LogP contribution in [-0.4, -0.2) is 30.4 Å². The van der Waals surface area contributed by atoms with Crippen LogP contribution in [0.2, 0.25) is 15.2 Å². The van der Waals surface area contributed by atoms with Gasteiger partial charge in [0.25, 0.3) is 5.56 Å². The van der Waals surface area contributed by atoms with Crippen molar-refractivity contribution in [1.82, 2.24) is 30.4 Å². The summed E-state index contributed by atoms with van der Waals surface area (Å²) in [4.78, 5) is 21.4. The molecule has 4 heterocycles. The Labute approximate surface area is 270 Å². The smallest absolute Gasteiger partial charge is 0.267 e. The molecule has 4 aromatic heterocycles. The van der Waals surface area contributed by atoms with E-state index >= 15 is 0 Å². The first-order valence-corrected chi connectivity index (χ1v) is 14.8. The Kier molecular flexibility index (Phi) is 9.49. The lowest BCUT2D eigenvalue weighted by Crippen LogP contribution is -2.15. The molecular formula is C34H27Cl3N6O. The number of aromatic nitrogens is 6. The number of nitrogens with zero attached hydrogens (tertiary/aromatic N) is 5. The number of nitrogens with one attached hydrogen (secondary N) is 1. The van der Waals surface area contributed by atoms with Gasteiger partial charge in [0.05, 0.1) is 28.3 Å². The minimum Gasteiger partial charge on any atom is -0.267 e. The van der Waals surface area contributed by atoms with Crippen LogP contribution in [0, 0.1) is 27.7 Å². The minimum atomic E-state index is -0.256. The third kappa shape index (κ3) is 6.86. The second kappa shape index (κ2) is 13.5. The predicted molar refractivity (Wildman–Crippen MR) is 178 cm³/mol. The van der Waals surface area contributed by atoms with E-state index in [4.69, 9.17) is 34.8 Å². The molecule has 0 atom stereocenters. The number of rotatable bonds is 4. The van der Waals surface area contributed by atoms with Gasteiger partial charge in [0.15, 0.2) is 5.15 Å². The molecule has 0 aliphatic heterocycles. The largest absolute Gasteiger partial charge is 0.274 e. The highest BCUT2D eigenvalue weighted by atomic mass is 35.5. The Morgan fingerprint density at radius 2 is 1.02 bits per heavy atom. The molecule has 44 heavy (non-hydrogen) atoms. The van der Waals surface area contributed by atoms with Crippen molar-refractivity contribution in [1.29, 1.82) is 0 Å². The van der Waals surface area contributed by atoms with Gasteiger partial charge in [-0.2, -0.15) is 10.2 Å². The van der Waals surface area contributed by atoms with Gasteiger partial charge in [-0.1, -0.05) is 71.2 Å². The van der Waals surface area contributed by atoms with Gasteiger partial charge in [-0.15, -0.1) is 5.10 Å². The number of pyridine rings is 2. The Morgan fingerprint density at radius 3 is 1.52 bits per heavy atom. The summed E-state index contributed by atoms with van der Waals surface area (Å²) in [6.45, 7) is 7.61. The van der Waals surface area contributed by atoms with Crippen molar-refractivity contribution < 1.29 is 0 Å². The third-order valence-electron chi connectivity index (χ3n) is 6.82. The van der Waals surface area contributed by atoms with Crippen molar-refractivity contribution in [3.8, 4) is 44.8 Å². The van der Waals surface area contributed by atoms with Crippen LogP contribution in [-0.2, 0) is 0 Å². The minimum absolute atomic E-state index is 0.256. The molecule has 0 aliphatic rings.